The molecule has 6 aromatic carbocycles. The minimum Gasteiger partial charge on any atom is -0.478 e. The van der Waals surface area contributed by atoms with Gasteiger partial charge >= 0.3 is 12.1 Å². The predicted molar refractivity (Wildman–Crippen MR) is 235 cm³/mol. The van der Waals surface area contributed by atoms with E-state index in [0.717, 1.165) is 38.9 Å². The van der Waals surface area contributed by atoms with Gasteiger partial charge in [0.05, 0.1) is 22.5 Å². The van der Waals surface area contributed by atoms with E-state index in [1.807, 2.05) is 99.6 Å². The van der Waals surface area contributed by atoms with Gasteiger partial charge < -0.3 is 24.8 Å². The molecule has 0 fully saturated rings. The maximum atomic E-state index is 14.9. The summed E-state index contributed by atoms with van der Waals surface area (Å²) in [7, 11) is 0. The van der Waals surface area contributed by atoms with Crippen LogP contribution in [0.25, 0.3) is 11.1 Å². The fourth-order valence-corrected chi connectivity index (χ4v) is 9.18. The maximum absolute atomic E-state index is 14.9. The summed E-state index contributed by atoms with van der Waals surface area (Å²) in [5, 5.41) is 12.5. The largest absolute Gasteiger partial charge is 0.478 e. The molecule has 0 heterocycles. The molecule has 300 valence electrons. The fourth-order valence-electron chi connectivity index (χ4n) is 7.69. The van der Waals surface area contributed by atoms with Crippen LogP contribution in [-0.4, -0.2) is 60.2 Å². The van der Waals surface area contributed by atoms with Gasteiger partial charge in [-0.15, -0.1) is 11.8 Å². The summed E-state index contributed by atoms with van der Waals surface area (Å²) in [6, 6.07) is 52.2. The van der Waals surface area contributed by atoms with Crippen molar-refractivity contribution in [3.8, 4) is 11.1 Å². The van der Waals surface area contributed by atoms with Crippen LogP contribution in [0.5, 0.6) is 0 Å². The number of thioether (sulfide) groups is 1. The summed E-state index contributed by atoms with van der Waals surface area (Å²) in [6.07, 6.45) is -0.741. The molecule has 0 aromatic heterocycles. The van der Waals surface area contributed by atoms with Gasteiger partial charge in [0.1, 0.15) is 12.6 Å². The van der Waals surface area contributed by atoms with E-state index in [4.69, 9.17) is 9.47 Å². The third-order valence-electron chi connectivity index (χ3n) is 10.5. The standard InChI is InChI=1S/C50H48N2O6S/c1-49(2,3)58-34-45(51-48(56)57-33-44-42-25-15-13-23-40(42)41-24-14-16-26-43(41)44)46(53)52(39-29-27-35(28-30-39)47(54)55)31-32-59-50(36-17-7-4-8-18-36,37-19-9-5-10-20-37)38-21-11-6-12-22-38/h4-30,44-45H,31-34H2,1-3H3,(H,51,56)(H,54,55)/t45-/m0/s1. The van der Waals surface area contributed by atoms with Crippen molar-refractivity contribution < 1.29 is 29.0 Å². The molecule has 59 heavy (non-hydrogen) atoms. The van der Waals surface area contributed by atoms with Crippen LogP contribution in [0.15, 0.2) is 164 Å². The summed E-state index contributed by atoms with van der Waals surface area (Å²) in [4.78, 5) is 42.1. The average molecular weight is 805 g/mol. The van der Waals surface area contributed by atoms with E-state index in [9.17, 15) is 19.5 Å². The van der Waals surface area contributed by atoms with Crippen LogP contribution in [0, 0.1) is 0 Å². The molecule has 7 rings (SSSR count). The number of alkyl carbamates (subject to hydrolysis) is 1. The Kier molecular flexibility index (Phi) is 12.6. The van der Waals surface area contributed by atoms with Crippen molar-refractivity contribution in [3.05, 3.63) is 197 Å². The number of nitrogens with one attached hydrogen (secondary N) is 1. The summed E-state index contributed by atoms with van der Waals surface area (Å²) in [6.45, 7) is 5.85. The Morgan fingerprint density at radius 3 is 1.63 bits per heavy atom. The van der Waals surface area contributed by atoms with Crippen LogP contribution >= 0.6 is 11.8 Å². The van der Waals surface area contributed by atoms with Crippen molar-refractivity contribution in [3.63, 3.8) is 0 Å². The first kappa shape index (κ1) is 41.0. The van der Waals surface area contributed by atoms with Crippen LogP contribution in [-0.2, 0) is 19.0 Å². The topological polar surface area (TPSA) is 105 Å². The van der Waals surface area contributed by atoms with Gasteiger partial charge in [-0.1, -0.05) is 140 Å². The SMILES string of the molecule is CC(C)(C)OC[C@H](NC(=O)OCC1c2ccccc2-c2ccccc21)C(=O)N(CCSC(c1ccccc1)(c1ccccc1)c1ccccc1)c1ccc(C(=O)O)cc1. The normalized spacial score (nSPS) is 12.9. The second-order valence-corrected chi connectivity index (χ2v) is 16.7. The third kappa shape index (κ3) is 9.27. The van der Waals surface area contributed by atoms with Gasteiger partial charge in [0.15, 0.2) is 0 Å². The quantitative estimate of drug-likeness (QED) is 0.0996. The predicted octanol–water partition coefficient (Wildman–Crippen LogP) is 10.2. The lowest BCUT2D eigenvalue weighted by atomic mass is 9.84. The van der Waals surface area contributed by atoms with Gasteiger partial charge in [-0.25, -0.2) is 9.59 Å². The molecule has 0 radical (unpaired) electrons. The number of hydrogen-bond acceptors (Lipinski definition) is 6. The summed E-state index contributed by atoms with van der Waals surface area (Å²) >= 11 is 1.70. The Hall–Kier alpha value is -6.16. The number of nitrogens with zero attached hydrogens (tertiary/aromatic N) is 1. The molecule has 2 N–H and O–H groups in total. The zero-order valence-electron chi connectivity index (χ0n) is 33.4. The smallest absolute Gasteiger partial charge is 0.407 e. The van der Waals surface area contributed by atoms with Gasteiger partial charge in [0.2, 0.25) is 0 Å². The molecule has 1 aliphatic rings. The summed E-state index contributed by atoms with van der Waals surface area (Å²) in [5.41, 5.74) is 7.60. The van der Waals surface area contributed by atoms with E-state index in [-0.39, 0.29) is 31.2 Å². The van der Waals surface area contributed by atoms with E-state index in [0.29, 0.717) is 11.4 Å². The van der Waals surface area contributed by atoms with Crippen molar-refractivity contribution in [2.24, 2.45) is 0 Å². The molecule has 8 nitrogen and oxygen atoms in total. The number of amides is 2. The van der Waals surface area contributed by atoms with E-state index in [1.165, 1.54) is 12.1 Å². The number of anilines is 1. The number of carboxylic acid groups (broad SMARTS) is 1. The Morgan fingerprint density at radius 2 is 1.15 bits per heavy atom. The zero-order valence-corrected chi connectivity index (χ0v) is 34.2. The van der Waals surface area contributed by atoms with E-state index >= 15 is 0 Å². The third-order valence-corrected chi connectivity index (χ3v) is 12.0. The van der Waals surface area contributed by atoms with Crippen LogP contribution in [0.2, 0.25) is 0 Å². The van der Waals surface area contributed by atoms with Crippen molar-refractivity contribution in [1.82, 2.24) is 5.32 Å². The summed E-state index contributed by atoms with van der Waals surface area (Å²) in [5.74, 6) is -1.19. The molecule has 0 aliphatic heterocycles. The van der Waals surface area contributed by atoms with Crippen molar-refractivity contribution in [1.29, 1.82) is 0 Å². The molecule has 0 unspecified atom stereocenters. The molecule has 0 saturated heterocycles. The first-order chi connectivity index (χ1) is 28.5. The summed E-state index contributed by atoms with van der Waals surface area (Å²) < 4.78 is 11.4. The molecule has 2 amide bonds. The maximum Gasteiger partial charge on any atom is 0.407 e. The Bertz CT molecular complexity index is 2220. The van der Waals surface area contributed by atoms with Crippen LogP contribution in [0.3, 0.4) is 0 Å². The highest BCUT2D eigenvalue weighted by Crippen LogP contribution is 2.48. The Labute approximate surface area is 350 Å². The highest BCUT2D eigenvalue weighted by molar-refractivity contribution is 8.00. The average Bonchev–Trinajstić information content (AvgIpc) is 3.58. The number of carboxylic acids is 1. The lowest BCUT2D eigenvalue weighted by molar-refractivity contribution is -0.123. The highest BCUT2D eigenvalue weighted by Gasteiger charge is 2.38. The van der Waals surface area contributed by atoms with Crippen LogP contribution < -0.4 is 10.2 Å². The minimum atomic E-state index is -1.13. The highest BCUT2D eigenvalue weighted by atomic mass is 32.2. The number of ether oxygens (including phenoxy) is 2. The molecule has 0 saturated carbocycles. The number of fused-ring (bicyclic) bond motifs is 3. The van der Waals surface area contributed by atoms with Crippen LogP contribution in [0.1, 0.15) is 64.9 Å². The molecule has 6 aromatic rings. The minimum absolute atomic E-state index is 0.0818. The van der Waals surface area contributed by atoms with Gasteiger partial charge in [-0.2, -0.15) is 0 Å². The van der Waals surface area contributed by atoms with E-state index in [2.05, 4.69) is 66.0 Å². The first-order valence-electron chi connectivity index (χ1n) is 19.8. The number of aromatic carboxylic acids is 1. The number of carbonyl (C=O) groups excluding carboxylic acids is 2. The van der Waals surface area contributed by atoms with Gasteiger partial charge in [0.25, 0.3) is 5.91 Å². The molecule has 1 atom stereocenters. The second kappa shape index (κ2) is 18.2. The molecule has 9 heteroatoms. The van der Waals surface area contributed by atoms with Crippen LogP contribution in [0.4, 0.5) is 10.5 Å². The molecule has 0 bridgehead atoms. The Balaban J connectivity index is 1.18. The fraction of sp³-hybridized carbons (Fsp3) is 0.220. The first-order valence-corrected chi connectivity index (χ1v) is 20.7. The number of benzene rings is 6. The monoisotopic (exact) mass is 804 g/mol. The van der Waals surface area contributed by atoms with E-state index < -0.39 is 34.4 Å². The van der Waals surface area contributed by atoms with Gasteiger partial charge in [0, 0.05) is 23.9 Å². The second-order valence-electron chi connectivity index (χ2n) is 15.4. The molecular weight excluding hydrogens is 757 g/mol. The van der Waals surface area contributed by atoms with Crippen molar-refractivity contribution in [2.45, 2.75) is 43.1 Å². The van der Waals surface area contributed by atoms with E-state index in [1.54, 1.807) is 28.8 Å². The van der Waals surface area contributed by atoms with Gasteiger partial charge in [-0.3, -0.25) is 4.79 Å². The lowest BCUT2D eigenvalue weighted by Crippen LogP contribution is -2.52. The van der Waals surface area contributed by atoms with Crippen molar-refractivity contribution in [2.75, 3.05) is 30.4 Å². The van der Waals surface area contributed by atoms with Crippen molar-refractivity contribution >= 4 is 35.4 Å². The molecular formula is C50H48N2O6S. The van der Waals surface area contributed by atoms with Gasteiger partial charge in [-0.05, 0) is 84.0 Å². The molecule has 0 spiro atoms. The lowest BCUT2D eigenvalue weighted by Gasteiger charge is -2.36. The number of hydrogen-bond donors (Lipinski definition) is 2. The number of rotatable bonds is 15. The zero-order chi connectivity index (χ0) is 41.4. The Morgan fingerprint density at radius 1 is 0.678 bits per heavy atom. The molecule has 1 aliphatic carbocycles. The number of carbonyl (C=O) groups is 3.